The first-order valence-corrected chi connectivity index (χ1v) is 21.6. The van der Waals surface area contributed by atoms with E-state index in [9.17, 15) is 28.8 Å². The van der Waals surface area contributed by atoms with Gasteiger partial charge in [-0.25, -0.2) is 14.5 Å². The van der Waals surface area contributed by atoms with Gasteiger partial charge in [0.1, 0.15) is 13.2 Å². The minimum Gasteiger partial charge on any atom is -0.445 e. The monoisotopic (exact) mass is 876 g/mol. The molecule has 330 valence electrons. The number of thioether (sulfide) groups is 1. The molecule has 4 aromatic rings. The van der Waals surface area contributed by atoms with E-state index in [1.807, 2.05) is 6.07 Å². The van der Waals surface area contributed by atoms with Crippen LogP contribution in [0.3, 0.4) is 0 Å². The molecule has 2 N–H and O–H groups in total. The molecule has 0 aromatic heterocycles. The molecule has 1 aliphatic heterocycles. The van der Waals surface area contributed by atoms with Gasteiger partial charge in [-0.1, -0.05) is 135 Å². The largest absolute Gasteiger partial charge is 0.445 e. The summed E-state index contributed by atoms with van der Waals surface area (Å²) >= 11 is 0.611. The van der Waals surface area contributed by atoms with Crippen molar-refractivity contribution in [1.29, 1.82) is 0 Å². The number of imide groups is 2. The van der Waals surface area contributed by atoms with Crippen LogP contribution in [-0.4, -0.2) is 86.9 Å². The minimum absolute atomic E-state index is 0.0123. The van der Waals surface area contributed by atoms with Crippen LogP contribution in [0.25, 0.3) is 0 Å². The lowest BCUT2D eigenvalue weighted by molar-refractivity contribution is -0.154. The number of fused-ring (bicyclic) bond motifs is 1. The number of unbranched alkanes of at least 4 members (excludes halogenated alkanes) is 1. The molecule has 63 heavy (non-hydrogen) atoms. The van der Waals surface area contributed by atoms with Gasteiger partial charge in [0, 0.05) is 26.9 Å². The SMILES string of the molecule is CNC(=O)[C@@](Cc1ccccc1)(C(=O)[C@H](CC(C)C)NC(=O)OCc1ccccc1)N(C(=O)OCc1ccccc1)C(=O)C(CCCCN1C(=O)c2ccccc2C1=O)SC(C)=O. The molecule has 15 heteroatoms. The summed E-state index contributed by atoms with van der Waals surface area (Å²) < 4.78 is 11.3. The van der Waals surface area contributed by atoms with Gasteiger partial charge in [0.05, 0.1) is 22.4 Å². The molecule has 0 bridgehead atoms. The van der Waals surface area contributed by atoms with Crippen molar-refractivity contribution in [2.24, 2.45) is 5.92 Å². The summed E-state index contributed by atoms with van der Waals surface area (Å²) in [5.41, 5.74) is -0.523. The zero-order chi connectivity index (χ0) is 45.5. The zero-order valence-electron chi connectivity index (χ0n) is 35.7. The second kappa shape index (κ2) is 22.5. The molecule has 5 rings (SSSR count). The standard InChI is InChI=1S/C48H52N4O10S/c1-32(2)28-39(50-46(59)61-30-35-20-10-6-11-21-35)41(54)48(45(58)49-4,29-34-18-8-5-9-19-34)52(47(60)62-31-36-22-12-7-13-23-36)44(57)40(63-33(3)53)26-16-17-27-51-42(55)37-24-14-15-25-38(37)43(51)56/h5-15,18-25,32,39-40H,16-17,26-31H2,1-4H3,(H,49,58)(H,50,59)/t39-,40?,48+/m0/s1. The number of hydrogen-bond donors (Lipinski definition) is 2. The van der Waals surface area contributed by atoms with Crippen molar-refractivity contribution in [1.82, 2.24) is 20.4 Å². The predicted octanol–water partition coefficient (Wildman–Crippen LogP) is 6.90. The first kappa shape index (κ1) is 47.4. The van der Waals surface area contributed by atoms with Gasteiger partial charge in [0.15, 0.2) is 16.4 Å². The Labute approximate surface area is 371 Å². The lowest BCUT2D eigenvalue weighted by atomic mass is 9.78. The zero-order valence-corrected chi connectivity index (χ0v) is 36.6. The molecule has 0 radical (unpaired) electrons. The van der Waals surface area contributed by atoms with Crippen molar-refractivity contribution >= 4 is 58.5 Å². The lowest BCUT2D eigenvalue weighted by Crippen LogP contribution is -2.72. The number of benzene rings is 4. The number of nitrogens with zero attached hydrogens (tertiary/aromatic N) is 2. The van der Waals surface area contributed by atoms with E-state index in [0.29, 0.717) is 33.4 Å². The van der Waals surface area contributed by atoms with Crippen LogP contribution in [0.5, 0.6) is 0 Å². The number of amides is 6. The van der Waals surface area contributed by atoms with E-state index in [1.54, 1.807) is 123 Å². The maximum Gasteiger partial charge on any atom is 0.418 e. The average Bonchev–Trinajstić information content (AvgIpc) is 3.52. The summed E-state index contributed by atoms with van der Waals surface area (Å²) in [5, 5.41) is 3.29. The third-order valence-electron chi connectivity index (χ3n) is 10.4. The molecule has 1 unspecified atom stereocenters. The highest BCUT2D eigenvalue weighted by Gasteiger charge is 2.59. The molecule has 1 aliphatic rings. The smallest absolute Gasteiger partial charge is 0.418 e. The van der Waals surface area contributed by atoms with Crippen LogP contribution < -0.4 is 10.6 Å². The van der Waals surface area contributed by atoms with Crippen LogP contribution >= 0.6 is 11.8 Å². The Morgan fingerprint density at radius 3 is 1.73 bits per heavy atom. The van der Waals surface area contributed by atoms with E-state index in [1.165, 1.54) is 14.0 Å². The van der Waals surface area contributed by atoms with Crippen molar-refractivity contribution < 1.29 is 47.8 Å². The van der Waals surface area contributed by atoms with E-state index in [0.717, 1.165) is 4.90 Å². The summed E-state index contributed by atoms with van der Waals surface area (Å²) in [6.45, 7) is 4.37. The fourth-order valence-electron chi connectivity index (χ4n) is 7.40. The van der Waals surface area contributed by atoms with Gasteiger partial charge in [0.25, 0.3) is 17.7 Å². The quantitative estimate of drug-likeness (QED) is 0.0535. The second-order valence-electron chi connectivity index (χ2n) is 15.5. The van der Waals surface area contributed by atoms with Gasteiger partial charge >= 0.3 is 12.2 Å². The highest BCUT2D eigenvalue weighted by atomic mass is 32.2. The summed E-state index contributed by atoms with van der Waals surface area (Å²) in [7, 11) is 1.26. The summed E-state index contributed by atoms with van der Waals surface area (Å²) in [6, 6.07) is 30.8. The molecule has 0 aliphatic carbocycles. The number of ether oxygens (including phenoxy) is 2. The third kappa shape index (κ3) is 12.1. The normalized spacial score (nSPS) is 13.9. The summed E-state index contributed by atoms with van der Waals surface area (Å²) in [5.74, 6) is -4.28. The van der Waals surface area contributed by atoms with Crippen molar-refractivity contribution in [2.75, 3.05) is 13.6 Å². The topological polar surface area (TPSA) is 186 Å². The minimum atomic E-state index is -2.71. The maximum absolute atomic E-state index is 15.6. The highest BCUT2D eigenvalue weighted by Crippen LogP contribution is 2.33. The molecule has 0 fully saturated rings. The molecule has 0 spiro atoms. The Kier molecular flexibility index (Phi) is 16.9. The van der Waals surface area contributed by atoms with Crippen LogP contribution in [0.4, 0.5) is 9.59 Å². The van der Waals surface area contributed by atoms with Gasteiger partial charge in [-0.3, -0.25) is 33.7 Å². The van der Waals surface area contributed by atoms with Crippen LogP contribution in [0.15, 0.2) is 115 Å². The number of carbonyl (C=O) groups excluding carboxylic acids is 8. The fourth-order valence-corrected chi connectivity index (χ4v) is 8.29. The Balaban J connectivity index is 1.56. The Hall–Kier alpha value is -6.61. The van der Waals surface area contributed by atoms with E-state index in [4.69, 9.17) is 9.47 Å². The van der Waals surface area contributed by atoms with Crippen molar-refractivity contribution in [3.63, 3.8) is 0 Å². The molecule has 14 nitrogen and oxygen atoms in total. The van der Waals surface area contributed by atoms with Gasteiger partial charge < -0.3 is 20.1 Å². The Morgan fingerprint density at radius 1 is 0.714 bits per heavy atom. The van der Waals surface area contributed by atoms with Crippen LogP contribution in [-0.2, 0) is 48.3 Å². The van der Waals surface area contributed by atoms with E-state index in [-0.39, 0.29) is 62.5 Å². The maximum atomic E-state index is 15.6. The van der Waals surface area contributed by atoms with E-state index >= 15 is 9.59 Å². The first-order chi connectivity index (χ1) is 30.3. The lowest BCUT2D eigenvalue weighted by Gasteiger charge is -2.42. The Morgan fingerprint density at radius 2 is 1.22 bits per heavy atom. The van der Waals surface area contributed by atoms with Gasteiger partial charge in [-0.05, 0) is 54.0 Å². The number of ketones is 1. The predicted molar refractivity (Wildman–Crippen MR) is 236 cm³/mol. The summed E-state index contributed by atoms with van der Waals surface area (Å²) in [6.07, 6.45) is -2.55. The Bertz CT molecular complexity index is 2240. The number of nitrogens with one attached hydrogen (secondary N) is 2. The van der Waals surface area contributed by atoms with Crippen molar-refractivity contribution in [3.05, 3.63) is 143 Å². The second-order valence-corrected chi connectivity index (χ2v) is 16.8. The number of likely N-dealkylation sites (N-methyl/N-ethyl adjacent to an activating group) is 1. The summed E-state index contributed by atoms with van der Waals surface area (Å²) in [4.78, 5) is 115. The first-order valence-electron chi connectivity index (χ1n) is 20.7. The van der Waals surface area contributed by atoms with Crippen LogP contribution in [0.1, 0.15) is 83.9 Å². The number of rotatable bonds is 20. The molecule has 6 amide bonds. The average molecular weight is 877 g/mol. The molecule has 0 saturated carbocycles. The molecule has 0 saturated heterocycles. The van der Waals surface area contributed by atoms with E-state index < -0.39 is 70.0 Å². The number of Topliss-reactive ketones (excluding diaryl/α,β-unsaturated/α-hetero) is 1. The third-order valence-corrected chi connectivity index (χ3v) is 11.4. The number of alkyl carbamates (subject to hydrolysis) is 1. The van der Waals surface area contributed by atoms with Gasteiger partial charge in [0.2, 0.25) is 5.91 Å². The van der Waals surface area contributed by atoms with Crippen molar-refractivity contribution in [2.45, 2.75) is 82.9 Å². The van der Waals surface area contributed by atoms with Crippen LogP contribution in [0.2, 0.25) is 0 Å². The van der Waals surface area contributed by atoms with E-state index in [2.05, 4.69) is 10.6 Å². The molecule has 1 heterocycles. The van der Waals surface area contributed by atoms with Crippen LogP contribution in [0, 0.1) is 5.92 Å². The van der Waals surface area contributed by atoms with Gasteiger partial charge in [-0.2, -0.15) is 0 Å². The molecule has 3 atom stereocenters. The molecule has 4 aromatic carbocycles. The number of carbonyl (C=O) groups is 8. The van der Waals surface area contributed by atoms with Gasteiger partial charge in [-0.15, -0.1) is 0 Å². The highest BCUT2D eigenvalue weighted by molar-refractivity contribution is 8.14. The fraction of sp³-hybridized carbons (Fsp3) is 0.333. The molecular weight excluding hydrogens is 825 g/mol. The molecular formula is C48H52N4O10S. The number of hydrogen-bond acceptors (Lipinski definition) is 11. The van der Waals surface area contributed by atoms with Crippen molar-refractivity contribution in [3.8, 4) is 0 Å².